The molecule has 0 spiro atoms. The fourth-order valence-corrected chi connectivity index (χ4v) is 4.02. The predicted molar refractivity (Wildman–Crippen MR) is 115 cm³/mol. The van der Waals surface area contributed by atoms with E-state index in [9.17, 15) is 9.90 Å². The summed E-state index contributed by atoms with van der Waals surface area (Å²) in [7, 11) is 0. The molecule has 0 unspecified atom stereocenters. The number of rotatable bonds is 5. The fourth-order valence-electron chi connectivity index (χ4n) is 3.68. The summed E-state index contributed by atoms with van der Waals surface area (Å²) >= 11 is 12.4. The van der Waals surface area contributed by atoms with Crippen LogP contribution < -0.4 is 5.32 Å². The van der Waals surface area contributed by atoms with Crippen LogP contribution in [-0.2, 0) is 11.2 Å². The average Bonchev–Trinajstić information content (AvgIpc) is 3.29. The molecule has 29 heavy (non-hydrogen) atoms. The van der Waals surface area contributed by atoms with Crippen molar-refractivity contribution in [3.63, 3.8) is 0 Å². The molecule has 1 saturated carbocycles. The summed E-state index contributed by atoms with van der Waals surface area (Å²) in [5, 5.41) is 14.1. The van der Waals surface area contributed by atoms with Crippen molar-refractivity contribution in [2.45, 2.75) is 37.8 Å². The molecule has 1 aliphatic carbocycles. The summed E-state index contributed by atoms with van der Waals surface area (Å²) < 4.78 is 1.91. The summed E-state index contributed by atoms with van der Waals surface area (Å²) in [6.45, 7) is 0. The first kappa shape index (κ1) is 20.0. The fraction of sp³-hybridized carbons (Fsp3) is 0.273. The first-order valence-corrected chi connectivity index (χ1v) is 10.3. The quantitative estimate of drug-likeness (QED) is 0.630. The van der Waals surface area contributed by atoms with Gasteiger partial charge in [0.1, 0.15) is 5.82 Å². The second-order valence-electron chi connectivity index (χ2n) is 7.23. The van der Waals surface area contributed by atoms with Crippen LogP contribution in [0.3, 0.4) is 0 Å². The molecule has 2 atom stereocenters. The maximum atomic E-state index is 12.5. The van der Waals surface area contributed by atoms with Crippen molar-refractivity contribution in [1.29, 1.82) is 0 Å². The van der Waals surface area contributed by atoms with Gasteiger partial charge in [-0.25, -0.2) is 4.98 Å². The summed E-state index contributed by atoms with van der Waals surface area (Å²) in [4.78, 5) is 17.2. The Hall–Kier alpha value is -2.34. The first-order chi connectivity index (χ1) is 14.0. The van der Waals surface area contributed by atoms with Gasteiger partial charge in [0.15, 0.2) is 0 Å². The van der Waals surface area contributed by atoms with E-state index in [-0.39, 0.29) is 18.4 Å². The Morgan fingerprint density at radius 2 is 1.90 bits per heavy atom. The lowest BCUT2D eigenvalue weighted by atomic mass is 10.2. The smallest absolute Gasteiger partial charge is 0.226 e. The van der Waals surface area contributed by atoms with Crippen LogP contribution >= 0.6 is 23.2 Å². The van der Waals surface area contributed by atoms with Crippen LogP contribution in [0, 0.1) is 0 Å². The number of nitrogens with one attached hydrogen (secondary N) is 1. The molecule has 5 nitrogen and oxygen atoms in total. The van der Waals surface area contributed by atoms with E-state index in [1.807, 2.05) is 47.2 Å². The average molecular weight is 430 g/mol. The highest BCUT2D eigenvalue weighted by Crippen LogP contribution is 2.30. The van der Waals surface area contributed by atoms with E-state index in [2.05, 4.69) is 5.32 Å². The van der Waals surface area contributed by atoms with Gasteiger partial charge in [-0.05, 0) is 55.7 Å². The number of aromatic nitrogens is 2. The zero-order valence-electron chi connectivity index (χ0n) is 15.7. The molecule has 0 bridgehead atoms. The number of hydrogen-bond acceptors (Lipinski definition) is 3. The van der Waals surface area contributed by atoms with E-state index >= 15 is 0 Å². The standard InChI is InChI=1S/C22H21Cl2N3O2/c23-14-8-10-16(11-9-14)27-13-15(12-21(29)26-19-6-3-7-20(19)28)25-22(27)17-4-1-2-5-18(17)24/h1-2,4-5,8-11,13,19-20,28H,3,6-7,12H2,(H,26,29)/t19-,20-/m0/s1. The summed E-state index contributed by atoms with van der Waals surface area (Å²) in [5.74, 6) is 0.504. The minimum absolute atomic E-state index is 0.126. The molecule has 0 saturated heterocycles. The highest BCUT2D eigenvalue weighted by molar-refractivity contribution is 6.33. The zero-order valence-corrected chi connectivity index (χ0v) is 17.2. The number of carbonyl (C=O) groups is 1. The van der Waals surface area contributed by atoms with Crippen LogP contribution in [0.15, 0.2) is 54.7 Å². The molecule has 4 rings (SSSR count). The van der Waals surface area contributed by atoms with Gasteiger partial charge in [-0.15, -0.1) is 0 Å². The van der Waals surface area contributed by atoms with E-state index < -0.39 is 6.10 Å². The molecule has 0 aliphatic heterocycles. The SMILES string of the molecule is O=C(Cc1cn(-c2ccc(Cl)cc2)c(-c2ccccc2Cl)n1)N[C@H]1CCC[C@@H]1O. The molecule has 1 fully saturated rings. The van der Waals surface area contributed by atoms with Gasteiger partial charge in [0.2, 0.25) is 5.91 Å². The Labute approximate surface area is 179 Å². The van der Waals surface area contributed by atoms with E-state index in [1.54, 1.807) is 12.1 Å². The maximum absolute atomic E-state index is 12.5. The van der Waals surface area contributed by atoms with Crippen molar-refractivity contribution in [3.05, 3.63) is 70.5 Å². The van der Waals surface area contributed by atoms with Crippen LogP contribution in [0.25, 0.3) is 17.1 Å². The van der Waals surface area contributed by atoms with Gasteiger partial charge in [0.05, 0.1) is 29.3 Å². The molecule has 1 heterocycles. The lowest BCUT2D eigenvalue weighted by Gasteiger charge is -2.15. The second-order valence-corrected chi connectivity index (χ2v) is 8.07. The van der Waals surface area contributed by atoms with E-state index in [1.165, 1.54) is 0 Å². The minimum atomic E-state index is -0.468. The van der Waals surface area contributed by atoms with Gasteiger partial charge in [-0.2, -0.15) is 0 Å². The third-order valence-electron chi connectivity index (χ3n) is 5.14. The second kappa shape index (κ2) is 8.57. The molecular formula is C22H21Cl2N3O2. The number of amides is 1. The zero-order chi connectivity index (χ0) is 20.4. The molecule has 7 heteroatoms. The Bertz CT molecular complexity index is 1020. The van der Waals surface area contributed by atoms with Crippen molar-refractivity contribution in [2.75, 3.05) is 0 Å². The molecule has 2 N–H and O–H groups in total. The van der Waals surface area contributed by atoms with Crippen molar-refractivity contribution >= 4 is 29.1 Å². The third kappa shape index (κ3) is 4.47. The Morgan fingerprint density at radius 1 is 1.14 bits per heavy atom. The lowest BCUT2D eigenvalue weighted by Crippen LogP contribution is -2.40. The number of halogens is 2. The molecule has 0 radical (unpaired) electrons. The van der Waals surface area contributed by atoms with Gasteiger partial charge in [-0.1, -0.05) is 35.3 Å². The van der Waals surface area contributed by atoms with Gasteiger partial charge < -0.3 is 10.4 Å². The molecular weight excluding hydrogens is 409 g/mol. The van der Waals surface area contributed by atoms with Crippen LogP contribution in [0.4, 0.5) is 0 Å². The molecule has 1 aliphatic rings. The van der Waals surface area contributed by atoms with Gasteiger partial charge in [-0.3, -0.25) is 9.36 Å². The summed E-state index contributed by atoms with van der Waals surface area (Å²) in [5.41, 5.74) is 2.27. The van der Waals surface area contributed by atoms with Crippen molar-refractivity contribution < 1.29 is 9.90 Å². The van der Waals surface area contributed by atoms with Crippen LogP contribution in [0.2, 0.25) is 10.0 Å². The highest BCUT2D eigenvalue weighted by Gasteiger charge is 2.27. The monoisotopic (exact) mass is 429 g/mol. The Morgan fingerprint density at radius 3 is 2.59 bits per heavy atom. The van der Waals surface area contributed by atoms with Gasteiger partial charge in [0, 0.05) is 22.5 Å². The lowest BCUT2D eigenvalue weighted by molar-refractivity contribution is -0.121. The number of carbonyl (C=O) groups excluding carboxylic acids is 1. The van der Waals surface area contributed by atoms with Gasteiger partial charge >= 0.3 is 0 Å². The van der Waals surface area contributed by atoms with E-state index in [4.69, 9.17) is 28.2 Å². The molecule has 3 aromatic rings. The summed E-state index contributed by atoms with van der Waals surface area (Å²) in [6, 6.07) is 14.7. The number of aliphatic hydroxyl groups excluding tert-OH is 1. The topological polar surface area (TPSA) is 67.2 Å². The highest BCUT2D eigenvalue weighted by atomic mass is 35.5. The van der Waals surface area contributed by atoms with Crippen LogP contribution in [0.1, 0.15) is 25.0 Å². The van der Waals surface area contributed by atoms with Gasteiger partial charge in [0.25, 0.3) is 0 Å². The van der Waals surface area contributed by atoms with Crippen LogP contribution in [0.5, 0.6) is 0 Å². The van der Waals surface area contributed by atoms with Crippen molar-refractivity contribution in [3.8, 4) is 17.1 Å². The van der Waals surface area contributed by atoms with Crippen molar-refractivity contribution in [2.24, 2.45) is 0 Å². The largest absolute Gasteiger partial charge is 0.391 e. The molecule has 2 aromatic carbocycles. The summed E-state index contributed by atoms with van der Waals surface area (Å²) in [6.07, 6.45) is 3.95. The van der Waals surface area contributed by atoms with E-state index in [0.717, 1.165) is 30.5 Å². The van der Waals surface area contributed by atoms with Crippen molar-refractivity contribution in [1.82, 2.24) is 14.9 Å². The number of benzene rings is 2. The van der Waals surface area contributed by atoms with E-state index in [0.29, 0.717) is 21.6 Å². The molecule has 1 aromatic heterocycles. The Balaban J connectivity index is 1.65. The normalized spacial score (nSPS) is 18.7. The number of imidazole rings is 1. The third-order valence-corrected chi connectivity index (χ3v) is 5.72. The minimum Gasteiger partial charge on any atom is -0.391 e. The number of nitrogens with zero attached hydrogens (tertiary/aromatic N) is 2. The Kier molecular flexibility index (Phi) is 5.90. The predicted octanol–water partition coefficient (Wildman–Crippen LogP) is 4.42. The first-order valence-electron chi connectivity index (χ1n) is 9.58. The maximum Gasteiger partial charge on any atom is 0.226 e. The molecule has 1 amide bonds. The van der Waals surface area contributed by atoms with Crippen LogP contribution in [-0.4, -0.2) is 32.7 Å². The number of aliphatic hydroxyl groups is 1. The molecule has 150 valence electrons. The number of hydrogen-bond donors (Lipinski definition) is 2.